The molecule has 6 aromatic rings. The highest BCUT2D eigenvalue weighted by molar-refractivity contribution is 6.31. The summed E-state index contributed by atoms with van der Waals surface area (Å²) in [4.78, 5) is 70.2. The van der Waals surface area contributed by atoms with Gasteiger partial charge in [-0.2, -0.15) is 0 Å². The lowest BCUT2D eigenvalue weighted by molar-refractivity contribution is 0.0472. The largest absolute Gasteiger partial charge is 0.454 e. The molecular weight excluding hydrogens is 791 g/mol. The average molecular weight is 824 g/mol. The number of carbonyl (C=O) groups excluding carboxylic acids is 6. The van der Waals surface area contributed by atoms with Gasteiger partial charge in [-0.05, 0) is 72.8 Å². The van der Waals surface area contributed by atoms with Crippen LogP contribution in [0.2, 0.25) is 15.1 Å². The van der Waals surface area contributed by atoms with Gasteiger partial charge >= 0.3 is 17.9 Å². The summed E-state index contributed by atoms with van der Waals surface area (Å²) in [5, 5.41) is 1.62. The van der Waals surface area contributed by atoms with Crippen molar-refractivity contribution in [2.24, 2.45) is 0 Å². The molecule has 0 heterocycles. The first-order valence-corrected chi connectivity index (χ1v) is 18.2. The van der Waals surface area contributed by atoms with Gasteiger partial charge in [0.05, 0.1) is 16.7 Å². The monoisotopic (exact) mass is 822 g/mol. The number of ether oxygens (including phenoxy) is 3. The van der Waals surface area contributed by atoms with Gasteiger partial charge in [0.1, 0.15) is 0 Å². The van der Waals surface area contributed by atoms with Gasteiger partial charge in [-0.1, -0.05) is 126 Å². The Bertz CT molecular complexity index is 1990. The molecule has 0 aliphatic carbocycles. The number of halogens is 3. The standard InChI is InChI=1S/3C15H11ClO3/c3*16-13-8-6-12(7-9-13)15(18)19-10-14(17)11-4-2-1-3-5-11/h3*1-9H,10H2. The molecule has 0 unspecified atom stereocenters. The van der Waals surface area contributed by atoms with Gasteiger partial charge in [0.25, 0.3) is 0 Å². The summed E-state index contributed by atoms with van der Waals surface area (Å²) in [6, 6.07) is 45.0. The van der Waals surface area contributed by atoms with Crippen molar-refractivity contribution in [2.75, 3.05) is 19.8 Å². The molecule has 0 aliphatic rings. The maximum atomic E-state index is 11.7. The lowest BCUT2D eigenvalue weighted by atomic mass is 10.1. The van der Waals surface area contributed by atoms with Crippen LogP contribution in [0, 0.1) is 0 Å². The molecule has 0 N–H and O–H groups in total. The Balaban J connectivity index is 0.000000189. The minimum atomic E-state index is -0.541. The Morgan fingerprint density at radius 1 is 0.298 bits per heavy atom. The lowest BCUT2D eigenvalue weighted by Gasteiger charge is -2.04. The summed E-state index contributed by atoms with van der Waals surface area (Å²) in [5.74, 6) is -2.32. The number of Topliss-reactive ketones (excluding diaryl/α,β-unsaturated/α-hetero) is 3. The van der Waals surface area contributed by atoms with Gasteiger partial charge in [-0.25, -0.2) is 14.4 Å². The van der Waals surface area contributed by atoms with Crippen LogP contribution in [0.1, 0.15) is 62.1 Å². The zero-order chi connectivity index (χ0) is 41.0. The Morgan fingerprint density at radius 3 is 0.719 bits per heavy atom. The first kappa shape index (κ1) is 43.3. The van der Waals surface area contributed by atoms with E-state index in [0.29, 0.717) is 48.4 Å². The first-order chi connectivity index (χ1) is 27.5. The van der Waals surface area contributed by atoms with Crippen molar-refractivity contribution in [1.82, 2.24) is 0 Å². The second kappa shape index (κ2) is 22.9. The van der Waals surface area contributed by atoms with E-state index < -0.39 is 17.9 Å². The van der Waals surface area contributed by atoms with E-state index in [2.05, 4.69) is 0 Å². The van der Waals surface area contributed by atoms with Crippen molar-refractivity contribution in [1.29, 1.82) is 0 Å². The summed E-state index contributed by atoms with van der Waals surface area (Å²) in [7, 11) is 0. The van der Waals surface area contributed by atoms with Crippen LogP contribution in [0.5, 0.6) is 0 Å². The Hall–Kier alpha value is -6.39. The molecule has 0 saturated heterocycles. The molecule has 0 atom stereocenters. The molecule has 0 aromatic heterocycles. The second-order valence-electron chi connectivity index (χ2n) is 11.6. The Morgan fingerprint density at radius 2 is 0.509 bits per heavy atom. The molecule has 0 radical (unpaired) electrons. The average Bonchev–Trinajstić information content (AvgIpc) is 3.25. The Labute approximate surface area is 343 Å². The van der Waals surface area contributed by atoms with Crippen molar-refractivity contribution < 1.29 is 43.0 Å². The highest BCUT2D eigenvalue weighted by Gasteiger charge is 2.14. The number of rotatable bonds is 12. The third-order valence-corrected chi connectivity index (χ3v) is 8.29. The van der Waals surface area contributed by atoms with Crippen molar-refractivity contribution in [3.63, 3.8) is 0 Å². The highest BCUT2D eigenvalue weighted by atomic mass is 35.5. The van der Waals surface area contributed by atoms with Gasteiger partial charge < -0.3 is 14.2 Å². The smallest absolute Gasteiger partial charge is 0.338 e. The quantitative estimate of drug-likeness (QED) is 0.0672. The number of ketones is 3. The predicted molar refractivity (Wildman–Crippen MR) is 218 cm³/mol. The predicted octanol–water partition coefficient (Wildman–Crippen LogP) is 10.1. The maximum absolute atomic E-state index is 11.7. The zero-order valence-electron chi connectivity index (χ0n) is 30.0. The van der Waals surface area contributed by atoms with Gasteiger partial charge in [0, 0.05) is 31.8 Å². The van der Waals surface area contributed by atoms with E-state index in [1.54, 1.807) is 146 Å². The summed E-state index contributed by atoms with van der Waals surface area (Å²) < 4.78 is 14.9. The molecule has 0 spiro atoms. The van der Waals surface area contributed by atoms with E-state index in [0.717, 1.165) is 0 Å². The Kier molecular flexibility index (Phi) is 17.4. The summed E-state index contributed by atoms with van der Waals surface area (Å²) >= 11 is 17.2. The van der Waals surface area contributed by atoms with Crippen LogP contribution in [0.15, 0.2) is 164 Å². The third kappa shape index (κ3) is 15.0. The van der Waals surface area contributed by atoms with Crippen LogP contribution in [0.4, 0.5) is 0 Å². The normalized spacial score (nSPS) is 9.95. The van der Waals surface area contributed by atoms with E-state index in [-0.39, 0.29) is 37.2 Å². The van der Waals surface area contributed by atoms with E-state index >= 15 is 0 Å². The van der Waals surface area contributed by atoms with Crippen molar-refractivity contribution in [3.8, 4) is 0 Å². The zero-order valence-corrected chi connectivity index (χ0v) is 32.3. The van der Waals surface area contributed by atoms with Crippen molar-refractivity contribution >= 4 is 70.1 Å². The molecule has 0 aliphatic heterocycles. The number of carbonyl (C=O) groups is 6. The number of hydrogen-bond acceptors (Lipinski definition) is 9. The molecule has 9 nitrogen and oxygen atoms in total. The molecule has 0 bridgehead atoms. The van der Waals surface area contributed by atoms with Crippen molar-refractivity contribution in [2.45, 2.75) is 0 Å². The van der Waals surface area contributed by atoms with Crippen LogP contribution in [-0.2, 0) is 14.2 Å². The van der Waals surface area contributed by atoms with Crippen molar-refractivity contribution in [3.05, 3.63) is 212 Å². The third-order valence-electron chi connectivity index (χ3n) is 7.53. The van der Waals surface area contributed by atoms with E-state index in [4.69, 9.17) is 49.0 Å². The van der Waals surface area contributed by atoms with Crippen LogP contribution in [-0.4, -0.2) is 55.1 Å². The van der Waals surface area contributed by atoms with E-state index in [1.165, 1.54) is 0 Å². The summed E-state index contributed by atoms with van der Waals surface area (Å²) in [6.45, 7) is -0.817. The second-order valence-corrected chi connectivity index (χ2v) is 12.9. The van der Waals surface area contributed by atoms with Crippen LogP contribution in [0.3, 0.4) is 0 Å². The molecule has 0 saturated carbocycles. The highest BCUT2D eigenvalue weighted by Crippen LogP contribution is 2.13. The molecule has 12 heteroatoms. The van der Waals surface area contributed by atoms with Crippen LogP contribution >= 0.6 is 34.8 Å². The minimum Gasteiger partial charge on any atom is -0.454 e. The molecule has 6 rings (SSSR count). The molecule has 0 amide bonds. The van der Waals surface area contributed by atoms with Crippen LogP contribution in [0.25, 0.3) is 0 Å². The molecule has 0 fully saturated rings. The summed E-state index contributed by atoms with van der Waals surface area (Å²) in [6.07, 6.45) is 0. The minimum absolute atomic E-state index is 0.233. The van der Waals surface area contributed by atoms with Gasteiger partial charge in [-0.15, -0.1) is 0 Å². The summed E-state index contributed by atoms with van der Waals surface area (Å²) in [5.41, 5.74) is 2.66. The van der Waals surface area contributed by atoms with Crippen LogP contribution < -0.4 is 0 Å². The number of benzene rings is 6. The van der Waals surface area contributed by atoms with Gasteiger partial charge in [0.2, 0.25) is 0 Å². The fourth-order valence-electron chi connectivity index (χ4n) is 4.52. The molecule has 6 aromatic carbocycles. The van der Waals surface area contributed by atoms with Gasteiger partial charge in [-0.3, -0.25) is 14.4 Å². The lowest BCUT2D eigenvalue weighted by Crippen LogP contribution is -2.14. The fraction of sp³-hybridized carbons (Fsp3) is 0.0667. The molecular formula is C45H33Cl3O9. The SMILES string of the molecule is O=C(COC(=O)c1ccc(Cl)cc1)c1ccccc1.O=C(COC(=O)c1ccc(Cl)cc1)c1ccccc1.O=C(COC(=O)c1ccc(Cl)cc1)c1ccccc1. The maximum Gasteiger partial charge on any atom is 0.338 e. The fourth-order valence-corrected chi connectivity index (χ4v) is 4.90. The van der Waals surface area contributed by atoms with E-state index in [9.17, 15) is 28.8 Å². The van der Waals surface area contributed by atoms with Gasteiger partial charge in [0.15, 0.2) is 37.2 Å². The first-order valence-electron chi connectivity index (χ1n) is 17.0. The molecule has 288 valence electrons. The topological polar surface area (TPSA) is 130 Å². The van der Waals surface area contributed by atoms with E-state index in [1.807, 2.05) is 18.2 Å². The number of esters is 3. The number of hydrogen-bond donors (Lipinski definition) is 0. The molecule has 57 heavy (non-hydrogen) atoms.